The molecule has 0 radical (unpaired) electrons. The third-order valence-corrected chi connectivity index (χ3v) is 7.05. The molecule has 0 bridgehead atoms. The van der Waals surface area contributed by atoms with Crippen molar-refractivity contribution in [2.45, 2.75) is 45.1 Å². The van der Waals surface area contributed by atoms with Gasteiger partial charge in [-0.25, -0.2) is 9.59 Å². The minimum atomic E-state index is -1.54. The van der Waals surface area contributed by atoms with Crippen LogP contribution >= 0.6 is 0 Å². The number of methoxy groups -OCH3 is 1. The Labute approximate surface area is 206 Å². The van der Waals surface area contributed by atoms with Crippen LogP contribution in [0.1, 0.15) is 50.7 Å². The van der Waals surface area contributed by atoms with E-state index in [2.05, 4.69) is 22.8 Å². The third kappa shape index (κ3) is 5.32. The zero-order chi connectivity index (χ0) is 25.6. The fourth-order valence-corrected chi connectivity index (χ4v) is 4.39. The smallest absolute Gasteiger partial charge is 0.407 e. The summed E-state index contributed by atoms with van der Waals surface area (Å²) in [5, 5.41) is 15.0. The van der Waals surface area contributed by atoms with Crippen molar-refractivity contribution in [3.63, 3.8) is 0 Å². The summed E-state index contributed by atoms with van der Waals surface area (Å²) < 4.78 is 10.6. The highest BCUT2D eigenvalue weighted by Crippen LogP contribution is 2.44. The molecule has 0 fully saturated rings. The van der Waals surface area contributed by atoms with E-state index in [-0.39, 0.29) is 32.1 Å². The number of hydrogen-bond donors (Lipinski definition) is 3. The Balaban J connectivity index is 1.63. The molecule has 0 aromatic heterocycles. The maximum absolute atomic E-state index is 13.1. The van der Waals surface area contributed by atoms with Crippen LogP contribution in [0, 0.1) is 5.41 Å². The van der Waals surface area contributed by atoms with Crippen LogP contribution in [0.2, 0.25) is 0 Å². The van der Waals surface area contributed by atoms with Gasteiger partial charge < -0.3 is 25.2 Å². The molecule has 3 N–H and O–H groups in total. The number of nitrogens with one attached hydrogen (secondary N) is 2. The highest BCUT2D eigenvalue weighted by molar-refractivity contribution is 5.90. The van der Waals surface area contributed by atoms with Gasteiger partial charge >= 0.3 is 12.1 Å². The number of carboxylic acid groups (broad SMARTS) is 1. The average Bonchev–Trinajstić information content (AvgIpc) is 3.19. The number of carbonyl (C=O) groups excluding carboxylic acids is 2. The molecule has 35 heavy (non-hydrogen) atoms. The Morgan fingerprint density at radius 3 is 2.03 bits per heavy atom. The Kier molecular flexibility index (Phi) is 8.17. The molecule has 2 aromatic carbocycles. The summed E-state index contributed by atoms with van der Waals surface area (Å²) in [7, 11) is 1.39. The number of aliphatic carboxylic acids is 1. The lowest BCUT2D eigenvalue weighted by molar-refractivity contribution is -0.152. The molecule has 2 atom stereocenters. The van der Waals surface area contributed by atoms with Crippen molar-refractivity contribution in [2.24, 2.45) is 5.41 Å². The third-order valence-electron chi connectivity index (χ3n) is 7.05. The largest absolute Gasteiger partial charge is 0.479 e. The second-order valence-corrected chi connectivity index (χ2v) is 9.22. The summed E-state index contributed by atoms with van der Waals surface area (Å²) >= 11 is 0. The molecule has 0 saturated carbocycles. The number of ether oxygens (including phenoxy) is 2. The zero-order valence-electron chi connectivity index (χ0n) is 20.7. The summed E-state index contributed by atoms with van der Waals surface area (Å²) in [6, 6.07) is 16.1. The number of hydrogen-bond acceptors (Lipinski definition) is 5. The van der Waals surface area contributed by atoms with Gasteiger partial charge in [-0.1, -0.05) is 62.4 Å². The minimum absolute atomic E-state index is 0.00158. The van der Waals surface area contributed by atoms with Crippen molar-refractivity contribution in [3.05, 3.63) is 59.7 Å². The second-order valence-electron chi connectivity index (χ2n) is 9.22. The van der Waals surface area contributed by atoms with Crippen molar-refractivity contribution in [1.82, 2.24) is 10.6 Å². The standard InChI is InChI=1S/C27H34N2O6/c1-5-26(3,23(30)29-27(6-2,17-34-4)24(31)32)16-28-25(33)35-15-22-20-13-9-7-11-18(20)19-12-8-10-14-21(19)22/h7-14,22H,5-6,15-17H2,1-4H3,(H,28,33)(H,29,30)(H,31,32). The lowest BCUT2D eigenvalue weighted by atomic mass is 9.84. The molecule has 8 nitrogen and oxygen atoms in total. The van der Waals surface area contributed by atoms with Crippen LogP contribution in [0.3, 0.4) is 0 Å². The Bertz CT molecular complexity index is 1040. The molecule has 2 amide bonds. The number of benzene rings is 2. The molecule has 0 saturated heterocycles. The van der Waals surface area contributed by atoms with E-state index in [4.69, 9.17) is 9.47 Å². The van der Waals surface area contributed by atoms with Gasteiger partial charge in [0.15, 0.2) is 5.54 Å². The van der Waals surface area contributed by atoms with Crippen LogP contribution < -0.4 is 10.6 Å². The Morgan fingerprint density at radius 2 is 1.54 bits per heavy atom. The fraction of sp³-hybridized carbons (Fsp3) is 0.444. The summed E-state index contributed by atoms with van der Waals surface area (Å²) in [6.07, 6.45) is -0.0904. The molecule has 8 heteroatoms. The topological polar surface area (TPSA) is 114 Å². The first-order valence-corrected chi connectivity index (χ1v) is 11.8. The van der Waals surface area contributed by atoms with E-state index in [1.54, 1.807) is 13.8 Å². The van der Waals surface area contributed by atoms with Gasteiger partial charge in [0.05, 0.1) is 12.0 Å². The molecule has 188 valence electrons. The summed E-state index contributed by atoms with van der Waals surface area (Å²) in [6.45, 7) is 5.17. The number of carbonyl (C=O) groups is 3. The van der Waals surface area contributed by atoms with Crippen molar-refractivity contribution in [1.29, 1.82) is 0 Å². The lowest BCUT2D eigenvalue weighted by Crippen LogP contribution is -2.61. The van der Waals surface area contributed by atoms with E-state index in [0.717, 1.165) is 22.3 Å². The van der Waals surface area contributed by atoms with Crippen LogP contribution in [-0.2, 0) is 19.1 Å². The molecule has 1 aliphatic rings. The van der Waals surface area contributed by atoms with Gasteiger partial charge in [0.1, 0.15) is 6.61 Å². The van der Waals surface area contributed by atoms with Crippen molar-refractivity contribution in [3.8, 4) is 11.1 Å². The van der Waals surface area contributed by atoms with Gasteiger partial charge in [0.25, 0.3) is 0 Å². The van der Waals surface area contributed by atoms with Crippen molar-refractivity contribution < 1.29 is 29.0 Å². The van der Waals surface area contributed by atoms with Crippen molar-refractivity contribution in [2.75, 3.05) is 26.9 Å². The predicted molar refractivity (Wildman–Crippen MR) is 132 cm³/mol. The van der Waals surface area contributed by atoms with Gasteiger partial charge in [-0.15, -0.1) is 0 Å². The number of amides is 2. The Hall–Kier alpha value is -3.39. The monoisotopic (exact) mass is 482 g/mol. The van der Waals surface area contributed by atoms with Crippen LogP contribution in [0.15, 0.2) is 48.5 Å². The van der Waals surface area contributed by atoms with E-state index in [0.29, 0.717) is 6.42 Å². The average molecular weight is 483 g/mol. The number of alkyl carbamates (subject to hydrolysis) is 1. The molecule has 0 aliphatic heterocycles. The predicted octanol–water partition coefficient (Wildman–Crippen LogP) is 3.94. The molecule has 2 unspecified atom stereocenters. The van der Waals surface area contributed by atoms with Gasteiger partial charge in [-0.3, -0.25) is 4.79 Å². The van der Waals surface area contributed by atoms with Gasteiger partial charge in [-0.05, 0) is 42.0 Å². The Morgan fingerprint density at radius 1 is 0.971 bits per heavy atom. The molecule has 1 aliphatic carbocycles. The van der Waals surface area contributed by atoms with E-state index >= 15 is 0 Å². The maximum atomic E-state index is 13.1. The highest BCUT2D eigenvalue weighted by atomic mass is 16.5. The highest BCUT2D eigenvalue weighted by Gasteiger charge is 2.43. The summed E-state index contributed by atoms with van der Waals surface area (Å²) in [5.41, 5.74) is 1.94. The van der Waals surface area contributed by atoms with Crippen LogP contribution in [-0.4, -0.2) is 55.5 Å². The molecule has 2 aromatic rings. The molecule has 0 spiro atoms. The maximum Gasteiger partial charge on any atom is 0.407 e. The first-order valence-electron chi connectivity index (χ1n) is 11.8. The second kappa shape index (κ2) is 10.9. The summed E-state index contributed by atoms with van der Waals surface area (Å²) in [4.78, 5) is 37.5. The van der Waals surface area contributed by atoms with E-state index < -0.39 is 28.9 Å². The molecular weight excluding hydrogens is 448 g/mol. The number of carboxylic acids is 1. The first-order chi connectivity index (χ1) is 16.7. The fourth-order valence-electron chi connectivity index (χ4n) is 4.39. The number of fused-ring (bicyclic) bond motifs is 3. The lowest BCUT2D eigenvalue weighted by Gasteiger charge is -2.34. The van der Waals surface area contributed by atoms with Crippen LogP contribution in [0.25, 0.3) is 11.1 Å². The summed E-state index contributed by atoms with van der Waals surface area (Å²) in [5.74, 6) is -1.71. The van der Waals surface area contributed by atoms with E-state index in [1.165, 1.54) is 7.11 Å². The molecular formula is C27H34N2O6. The molecule has 0 heterocycles. The quantitative estimate of drug-likeness (QED) is 0.447. The molecule has 3 rings (SSSR count). The van der Waals surface area contributed by atoms with Crippen molar-refractivity contribution >= 4 is 18.0 Å². The SMILES string of the molecule is CCC(C)(CNC(=O)OCC1c2ccccc2-c2ccccc21)C(=O)NC(CC)(COC)C(=O)O. The van der Waals surface area contributed by atoms with Gasteiger partial charge in [0, 0.05) is 19.6 Å². The van der Waals surface area contributed by atoms with Crippen LogP contribution in [0.4, 0.5) is 4.79 Å². The van der Waals surface area contributed by atoms with E-state index in [9.17, 15) is 19.5 Å². The van der Waals surface area contributed by atoms with Gasteiger partial charge in [0.2, 0.25) is 5.91 Å². The zero-order valence-corrected chi connectivity index (χ0v) is 20.7. The van der Waals surface area contributed by atoms with E-state index in [1.807, 2.05) is 43.3 Å². The number of rotatable bonds is 11. The van der Waals surface area contributed by atoms with Gasteiger partial charge in [-0.2, -0.15) is 0 Å². The first kappa shape index (κ1) is 26.2. The van der Waals surface area contributed by atoms with Crippen LogP contribution in [0.5, 0.6) is 0 Å². The normalized spacial score (nSPS) is 15.8. The minimum Gasteiger partial charge on any atom is -0.479 e.